The summed E-state index contributed by atoms with van der Waals surface area (Å²) in [6, 6.07) is 8.93. The van der Waals surface area contributed by atoms with Crippen molar-refractivity contribution in [2.45, 2.75) is 6.54 Å². The molecule has 1 aliphatic rings. The van der Waals surface area contributed by atoms with Crippen LogP contribution < -0.4 is 16.1 Å². The van der Waals surface area contributed by atoms with E-state index < -0.39 is 11.2 Å². The molecule has 1 N–H and O–H groups in total. The SMILES string of the molecule is O=c1[nH]c(=O)n(Cc2ccc(Cl)cc2)c2cc(N3CCOCC3)nnc12. The molecule has 4 rings (SSSR count). The Bertz CT molecular complexity index is 1050. The van der Waals surface area contributed by atoms with Gasteiger partial charge in [0.15, 0.2) is 11.3 Å². The summed E-state index contributed by atoms with van der Waals surface area (Å²) in [4.78, 5) is 28.9. The van der Waals surface area contributed by atoms with Gasteiger partial charge in [-0.1, -0.05) is 23.7 Å². The summed E-state index contributed by atoms with van der Waals surface area (Å²) in [6.07, 6.45) is 0. The summed E-state index contributed by atoms with van der Waals surface area (Å²) in [5.41, 5.74) is 0.437. The lowest BCUT2D eigenvalue weighted by Gasteiger charge is -2.27. The van der Waals surface area contributed by atoms with Crippen LogP contribution in [0.3, 0.4) is 0 Å². The number of nitrogens with zero attached hydrogens (tertiary/aromatic N) is 4. The number of halogens is 1. The number of morpholine rings is 1. The number of aromatic nitrogens is 4. The Morgan fingerprint density at radius 2 is 1.85 bits per heavy atom. The molecule has 1 fully saturated rings. The first-order valence-electron chi connectivity index (χ1n) is 8.19. The first-order valence-corrected chi connectivity index (χ1v) is 8.57. The highest BCUT2D eigenvalue weighted by Crippen LogP contribution is 2.17. The number of rotatable bonds is 3. The molecule has 9 heteroatoms. The topological polar surface area (TPSA) is 93.1 Å². The number of hydrogen-bond donors (Lipinski definition) is 1. The van der Waals surface area contributed by atoms with E-state index in [1.807, 2.05) is 17.0 Å². The van der Waals surface area contributed by atoms with Gasteiger partial charge in [-0.2, -0.15) is 0 Å². The normalized spacial score (nSPS) is 14.7. The highest BCUT2D eigenvalue weighted by Gasteiger charge is 2.16. The van der Waals surface area contributed by atoms with Gasteiger partial charge in [-0.15, -0.1) is 10.2 Å². The third kappa shape index (κ3) is 3.21. The van der Waals surface area contributed by atoms with Crippen molar-refractivity contribution in [2.75, 3.05) is 31.2 Å². The van der Waals surface area contributed by atoms with Crippen LogP contribution in [-0.2, 0) is 11.3 Å². The number of ether oxygens (including phenoxy) is 1. The minimum Gasteiger partial charge on any atom is -0.378 e. The van der Waals surface area contributed by atoms with Gasteiger partial charge >= 0.3 is 5.69 Å². The first-order chi connectivity index (χ1) is 12.6. The van der Waals surface area contributed by atoms with E-state index in [1.54, 1.807) is 18.2 Å². The molecule has 0 spiro atoms. The van der Waals surface area contributed by atoms with Gasteiger partial charge in [0, 0.05) is 24.2 Å². The monoisotopic (exact) mass is 373 g/mol. The molecule has 0 amide bonds. The third-order valence-corrected chi connectivity index (χ3v) is 4.57. The van der Waals surface area contributed by atoms with E-state index in [0.717, 1.165) is 5.56 Å². The fraction of sp³-hybridized carbons (Fsp3) is 0.294. The van der Waals surface area contributed by atoms with E-state index in [9.17, 15) is 9.59 Å². The standard InChI is InChI=1S/C17H16ClN5O3/c18-12-3-1-11(2-4-12)10-23-13-9-14(22-5-7-26-8-6-22)20-21-15(13)16(24)19-17(23)25/h1-4,9H,5-8,10H2,(H,19,24,25). The zero-order chi connectivity index (χ0) is 18.1. The average molecular weight is 374 g/mol. The van der Waals surface area contributed by atoms with Crippen LogP contribution in [0.15, 0.2) is 39.9 Å². The maximum absolute atomic E-state index is 12.4. The molecule has 1 aliphatic heterocycles. The van der Waals surface area contributed by atoms with Crippen molar-refractivity contribution in [1.29, 1.82) is 0 Å². The molecule has 0 atom stereocenters. The Morgan fingerprint density at radius 3 is 2.58 bits per heavy atom. The molecule has 26 heavy (non-hydrogen) atoms. The minimum atomic E-state index is -0.543. The highest BCUT2D eigenvalue weighted by atomic mass is 35.5. The summed E-state index contributed by atoms with van der Waals surface area (Å²) in [6.45, 7) is 2.87. The average Bonchev–Trinajstić information content (AvgIpc) is 2.67. The molecule has 8 nitrogen and oxygen atoms in total. The fourth-order valence-corrected chi connectivity index (χ4v) is 3.07. The van der Waals surface area contributed by atoms with Crippen molar-refractivity contribution in [3.05, 3.63) is 61.8 Å². The molecule has 1 saturated heterocycles. The lowest BCUT2D eigenvalue weighted by molar-refractivity contribution is 0.122. The molecule has 0 radical (unpaired) electrons. The van der Waals surface area contributed by atoms with Crippen molar-refractivity contribution in [3.8, 4) is 0 Å². The van der Waals surface area contributed by atoms with Gasteiger partial charge in [-0.25, -0.2) is 4.79 Å². The Hall–Kier alpha value is -2.71. The number of hydrogen-bond acceptors (Lipinski definition) is 6. The van der Waals surface area contributed by atoms with E-state index in [1.165, 1.54) is 4.57 Å². The second-order valence-corrected chi connectivity index (χ2v) is 6.44. The van der Waals surface area contributed by atoms with Gasteiger partial charge in [-0.3, -0.25) is 14.3 Å². The summed E-state index contributed by atoms with van der Waals surface area (Å²) < 4.78 is 6.83. The quantitative estimate of drug-likeness (QED) is 0.736. The van der Waals surface area contributed by atoms with Gasteiger partial charge in [-0.05, 0) is 17.7 Å². The highest BCUT2D eigenvalue weighted by molar-refractivity contribution is 6.30. The summed E-state index contributed by atoms with van der Waals surface area (Å²) in [7, 11) is 0. The van der Waals surface area contributed by atoms with Crippen LogP contribution in [0.5, 0.6) is 0 Å². The lowest BCUT2D eigenvalue weighted by atomic mass is 10.2. The van der Waals surface area contributed by atoms with Crippen molar-refractivity contribution in [2.24, 2.45) is 0 Å². The second-order valence-electron chi connectivity index (χ2n) is 6.01. The van der Waals surface area contributed by atoms with Crippen LogP contribution in [-0.4, -0.2) is 46.1 Å². The number of anilines is 1. The van der Waals surface area contributed by atoms with Crippen molar-refractivity contribution < 1.29 is 4.74 Å². The van der Waals surface area contributed by atoms with Crippen molar-refractivity contribution >= 4 is 28.5 Å². The van der Waals surface area contributed by atoms with Gasteiger partial charge < -0.3 is 9.64 Å². The van der Waals surface area contributed by atoms with Crippen molar-refractivity contribution in [1.82, 2.24) is 19.7 Å². The van der Waals surface area contributed by atoms with Crippen LogP contribution in [0.4, 0.5) is 5.82 Å². The largest absolute Gasteiger partial charge is 0.378 e. The van der Waals surface area contributed by atoms with E-state index in [-0.39, 0.29) is 12.1 Å². The Labute approximate surface area is 153 Å². The first kappa shape index (κ1) is 16.7. The number of aromatic amines is 1. The third-order valence-electron chi connectivity index (χ3n) is 4.32. The van der Waals surface area contributed by atoms with Crippen LogP contribution in [0.1, 0.15) is 5.56 Å². The summed E-state index contributed by atoms with van der Waals surface area (Å²) >= 11 is 5.92. The van der Waals surface area contributed by atoms with Crippen LogP contribution >= 0.6 is 11.6 Å². The van der Waals surface area contributed by atoms with Gasteiger partial charge in [0.05, 0.1) is 25.3 Å². The van der Waals surface area contributed by atoms with Gasteiger partial charge in [0.2, 0.25) is 0 Å². The van der Waals surface area contributed by atoms with Crippen LogP contribution in [0, 0.1) is 0 Å². The van der Waals surface area contributed by atoms with E-state index in [2.05, 4.69) is 15.2 Å². The molecule has 3 aromatic rings. The molecule has 2 aromatic heterocycles. The Balaban J connectivity index is 1.83. The molecule has 134 valence electrons. The predicted molar refractivity (Wildman–Crippen MR) is 98.0 cm³/mol. The van der Waals surface area contributed by atoms with E-state index in [0.29, 0.717) is 42.7 Å². The maximum atomic E-state index is 12.4. The number of fused-ring (bicyclic) bond motifs is 1. The van der Waals surface area contributed by atoms with Crippen LogP contribution in [0.2, 0.25) is 5.02 Å². The summed E-state index contributed by atoms with van der Waals surface area (Å²) in [5.74, 6) is 0.621. The molecule has 0 aliphatic carbocycles. The number of H-pyrrole nitrogens is 1. The number of benzene rings is 1. The zero-order valence-corrected chi connectivity index (χ0v) is 14.6. The van der Waals surface area contributed by atoms with Crippen molar-refractivity contribution in [3.63, 3.8) is 0 Å². The fourth-order valence-electron chi connectivity index (χ4n) is 2.95. The molecule has 0 bridgehead atoms. The van der Waals surface area contributed by atoms with Gasteiger partial charge in [0.25, 0.3) is 5.56 Å². The predicted octanol–water partition coefficient (Wildman–Crippen LogP) is 1.02. The molecular weight excluding hydrogens is 358 g/mol. The molecule has 3 heterocycles. The number of nitrogens with one attached hydrogen (secondary N) is 1. The van der Waals surface area contributed by atoms with Crippen LogP contribution in [0.25, 0.3) is 11.0 Å². The Morgan fingerprint density at radius 1 is 1.12 bits per heavy atom. The summed E-state index contributed by atoms with van der Waals surface area (Å²) in [5, 5.41) is 8.82. The molecule has 0 unspecified atom stereocenters. The van der Waals surface area contributed by atoms with E-state index >= 15 is 0 Å². The zero-order valence-electron chi connectivity index (χ0n) is 13.8. The minimum absolute atomic E-state index is 0.135. The smallest absolute Gasteiger partial charge is 0.329 e. The second kappa shape index (κ2) is 6.89. The maximum Gasteiger partial charge on any atom is 0.329 e. The van der Waals surface area contributed by atoms with Gasteiger partial charge in [0.1, 0.15) is 0 Å². The lowest BCUT2D eigenvalue weighted by Crippen LogP contribution is -2.37. The molecule has 1 aromatic carbocycles. The molecular formula is C17H16ClN5O3. The molecule has 0 saturated carbocycles. The van der Waals surface area contributed by atoms with E-state index in [4.69, 9.17) is 16.3 Å². The Kier molecular flexibility index (Phi) is 4.44.